The molecule has 28 heavy (non-hydrogen) atoms. The molecule has 3 rings (SSSR count). The number of rotatable bonds is 3. The maximum Gasteiger partial charge on any atom is 0.291 e. The predicted octanol–water partition coefficient (Wildman–Crippen LogP) is 4.34. The lowest BCUT2D eigenvalue weighted by Crippen LogP contribution is -2.27. The van der Waals surface area contributed by atoms with Gasteiger partial charge in [0.05, 0.1) is 5.39 Å². The number of carbonyl (C=O) groups is 2. The molecule has 0 bridgehead atoms. The highest BCUT2D eigenvalue weighted by Gasteiger charge is 2.21. The SMILES string of the molecule is Cc1ccc(NC(=O)C(C)(C)C)cc1NC(=O)c1cc(=O)c2ccccc2o1. The summed E-state index contributed by atoms with van der Waals surface area (Å²) in [5, 5.41) is 6.00. The summed E-state index contributed by atoms with van der Waals surface area (Å²) in [6.45, 7) is 7.30. The van der Waals surface area contributed by atoms with E-state index in [1.54, 1.807) is 42.5 Å². The molecule has 0 saturated carbocycles. The van der Waals surface area contributed by atoms with E-state index < -0.39 is 11.3 Å². The molecule has 0 atom stereocenters. The summed E-state index contributed by atoms with van der Waals surface area (Å²) in [5.74, 6) is -0.744. The summed E-state index contributed by atoms with van der Waals surface area (Å²) in [4.78, 5) is 37.0. The van der Waals surface area contributed by atoms with Crippen LogP contribution in [0.25, 0.3) is 11.0 Å². The molecular weight excluding hydrogens is 356 g/mol. The van der Waals surface area contributed by atoms with Crippen molar-refractivity contribution in [2.24, 2.45) is 5.41 Å². The van der Waals surface area contributed by atoms with Crippen LogP contribution in [0.3, 0.4) is 0 Å². The fourth-order valence-corrected chi connectivity index (χ4v) is 2.55. The number of anilines is 2. The van der Waals surface area contributed by atoms with E-state index in [0.29, 0.717) is 22.3 Å². The number of nitrogens with one attached hydrogen (secondary N) is 2. The molecule has 0 aliphatic carbocycles. The highest BCUT2D eigenvalue weighted by atomic mass is 16.3. The van der Waals surface area contributed by atoms with Gasteiger partial charge in [0.2, 0.25) is 5.91 Å². The summed E-state index contributed by atoms with van der Waals surface area (Å²) in [7, 11) is 0. The first-order valence-corrected chi connectivity index (χ1v) is 8.91. The van der Waals surface area contributed by atoms with Crippen molar-refractivity contribution < 1.29 is 14.0 Å². The Bertz CT molecular complexity index is 1120. The molecule has 0 aliphatic heterocycles. The van der Waals surface area contributed by atoms with Crippen LogP contribution >= 0.6 is 0 Å². The second kappa shape index (κ2) is 7.31. The van der Waals surface area contributed by atoms with Gasteiger partial charge in [-0.2, -0.15) is 0 Å². The number of aryl methyl sites for hydroxylation is 1. The summed E-state index contributed by atoms with van der Waals surface area (Å²) in [6.07, 6.45) is 0. The molecule has 0 aliphatic rings. The zero-order valence-corrected chi connectivity index (χ0v) is 16.3. The summed E-state index contributed by atoms with van der Waals surface area (Å²) < 4.78 is 5.57. The molecule has 0 unspecified atom stereocenters. The van der Waals surface area contributed by atoms with E-state index in [4.69, 9.17) is 4.42 Å². The second-order valence-electron chi connectivity index (χ2n) is 7.66. The lowest BCUT2D eigenvalue weighted by Gasteiger charge is -2.18. The van der Waals surface area contributed by atoms with E-state index in [1.165, 1.54) is 6.07 Å². The normalized spacial score (nSPS) is 11.3. The third kappa shape index (κ3) is 4.11. The highest BCUT2D eigenvalue weighted by molar-refractivity contribution is 6.04. The van der Waals surface area contributed by atoms with Gasteiger partial charge in [0.25, 0.3) is 5.91 Å². The van der Waals surface area contributed by atoms with Crippen molar-refractivity contribution in [2.75, 3.05) is 10.6 Å². The van der Waals surface area contributed by atoms with Crippen LogP contribution in [0.5, 0.6) is 0 Å². The van der Waals surface area contributed by atoms with E-state index >= 15 is 0 Å². The van der Waals surface area contributed by atoms with E-state index in [9.17, 15) is 14.4 Å². The molecule has 0 spiro atoms. The third-order valence-electron chi connectivity index (χ3n) is 4.28. The Morgan fingerprint density at radius 1 is 0.964 bits per heavy atom. The zero-order chi connectivity index (χ0) is 20.5. The Morgan fingerprint density at radius 2 is 1.68 bits per heavy atom. The van der Waals surface area contributed by atoms with Crippen LogP contribution in [-0.2, 0) is 4.79 Å². The van der Waals surface area contributed by atoms with Gasteiger partial charge in [0.15, 0.2) is 11.2 Å². The molecular formula is C22H22N2O4. The minimum atomic E-state index is -0.539. The largest absolute Gasteiger partial charge is 0.451 e. The van der Waals surface area contributed by atoms with Gasteiger partial charge < -0.3 is 15.1 Å². The number of hydrogen-bond donors (Lipinski definition) is 2. The number of para-hydroxylation sites is 1. The fraction of sp³-hybridized carbons (Fsp3) is 0.227. The molecule has 6 nitrogen and oxygen atoms in total. The summed E-state index contributed by atoms with van der Waals surface area (Å²) in [5.41, 5.74) is 1.43. The Labute approximate surface area is 162 Å². The van der Waals surface area contributed by atoms with Crippen molar-refractivity contribution in [2.45, 2.75) is 27.7 Å². The van der Waals surface area contributed by atoms with Crippen molar-refractivity contribution in [3.8, 4) is 0 Å². The minimum Gasteiger partial charge on any atom is -0.451 e. The molecule has 2 aromatic carbocycles. The summed E-state index contributed by atoms with van der Waals surface area (Å²) in [6, 6.07) is 13.2. The van der Waals surface area contributed by atoms with Crippen LogP contribution in [0, 0.1) is 12.3 Å². The topological polar surface area (TPSA) is 88.4 Å². The van der Waals surface area contributed by atoms with Crippen LogP contribution in [0.4, 0.5) is 11.4 Å². The Morgan fingerprint density at radius 3 is 2.39 bits per heavy atom. The first-order chi connectivity index (χ1) is 13.1. The van der Waals surface area contributed by atoms with E-state index in [2.05, 4.69) is 10.6 Å². The molecule has 6 heteroatoms. The monoisotopic (exact) mass is 378 g/mol. The average Bonchev–Trinajstić information content (AvgIpc) is 2.63. The highest BCUT2D eigenvalue weighted by Crippen LogP contribution is 2.24. The van der Waals surface area contributed by atoms with Crippen LogP contribution in [0.2, 0.25) is 0 Å². The number of carbonyl (C=O) groups excluding carboxylic acids is 2. The molecule has 2 N–H and O–H groups in total. The Balaban J connectivity index is 1.87. The van der Waals surface area contributed by atoms with Crippen molar-refractivity contribution in [3.63, 3.8) is 0 Å². The quantitative estimate of drug-likeness (QED) is 0.710. The fourth-order valence-electron chi connectivity index (χ4n) is 2.55. The van der Waals surface area contributed by atoms with E-state index in [0.717, 1.165) is 5.56 Å². The van der Waals surface area contributed by atoms with Gasteiger partial charge in [-0.3, -0.25) is 14.4 Å². The summed E-state index contributed by atoms with van der Waals surface area (Å²) >= 11 is 0. The van der Waals surface area contributed by atoms with Gasteiger partial charge >= 0.3 is 0 Å². The van der Waals surface area contributed by atoms with Crippen LogP contribution in [0.15, 0.2) is 57.7 Å². The van der Waals surface area contributed by atoms with Crippen molar-refractivity contribution in [3.05, 3.63) is 70.1 Å². The van der Waals surface area contributed by atoms with Gasteiger partial charge in [-0.1, -0.05) is 39.0 Å². The van der Waals surface area contributed by atoms with Crippen LogP contribution < -0.4 is 16.1 Å². The molecule has 144 valence electrons. The lowest BCUT2D eigenvalue weighted by atomic mass is 9.95. The van der Waals surface area contributed by atoms with Crippen LogP contribution in [0.1, 0.15) is 36.9 Å². The first-order valence-electron chi connectivity index (χ1n) is 8.91. The van der Waals surface area contributed by atoms with Crippen LogP contribution in [-0.4, -0.2) is 11.8 Å². The van der Waals surface area contributed by atoms with Gasteiger partial charge in [0, 0.05) is 22.9 Å². The lowest BCUT2D eigenvalue weighted by molar-refractivity contribution is -0.123. The average molecular weight is 378 g/mol. The molecule has 1 heterocycles. The van der Waals surface area contributed by atoms with Gasteiger partial charge in [-0.15, -0.1) is 0 Å². The zero-order valence-electron chi connectivity index (χ0n) is 16.3. The van der Waals surface area contributed by atoms with Gasteiger partial charge in [-0.05, 0) is 36.8 Å². The minimum absolute atomic E-state index is 0.0766. The van der Waals surface area contributed by atoms with Crippen molar-refractivity contribution >= 4 is 34.2 Å². The predicted molar refractivity (Wildman–Crippen MR) is 110 cm³/mol. The Hall–Kier alpha value is -3.41. The van der Waals surface area contributed by atoms with Gasteiger partial charge in [-0.25, -0.2) is 0 Å². The van der Waals surface area contributed by atoms with Gasteiger partial charge in [0.1, 0.15) is 5.58 Å². The number of fused-ring (bicyclic) bond motifs is 1. The Kier molecular flexibility index (Phi) is 5.05. The number of benzene rings is 2. The molecule has 0 fully saturated rings. The molecule has 2 amide bonds. The third-order valence-corrected chi connectivity index (χ3v) is 4.28. The molecule has 3 aromatic rings. The van der Waals surface area contributed by atoms with E-state index in [-0.39, 0.29) is 17.1 Å². The first kappa shape index (κ1) is 19.4. The smallest absolute Gasteiger partial charge is 0.291 e. The molecule has 0 saturated heterocycles. The number of amides is 2. The van der Waals surface area contributed by atoms with Crippen molar-refractivity contribution in [1.29, 1.82) is 0 Å². The maximum absolute atomic E-state index is 12.6. The molecule has 0 radical (unpaired) electrons. The molecule has 1 aromatic heterocycles. The maximum atomic E-state index is 12.6. The number of hydrogen-bond acceptors (Lipinski definition) is 4. The van der Waals surface area contributed by atoms with E-state index in [1.807, 2.05) is 27.7 Å². The second-order valence-corrected chi connectivity index (χ2v) is 7.66. The van der Waals surface area contributed by atoms with Crippen molar-refractivity contribution in [1.82, 2.24) is 0 Å². The standard InChI is InChI=1S/C22H22N2O4/c1-13-9-10-14(23-21(27)22(2,3)4)11-16(13)24-20(26)19-12-17(25)15-7-5-6-8-18(15)28-19/h5-12H,1-4H3,(H,23,27)(H,24,26).